The van der Waals surface area contributed by atoms with Gasteiger partial charge in [0.05, 0.1) is 19.6 Å². The quantitative estimate of drug-likeness (QED) is 0.481. The molecule has 0 amide bonds. The lowest BCUT2D eigenvalue weighted by Gasteiger charge is -2.38. The highest BCUT2D eigenvalue weighted by molar-refractivity contribution is 7.44. The number of phosphoric ester groups is 1. The molecule has 0 aromatic rings. The highest BCUT2D eigenvalue weighted by atomic mass is 31.2. The van der Waals surface area contributed by atoms with E-state index in [1.54, 1.807) is 0 Å². The number of phosphoric acid groups is 1. The SMILES string of the molecule is CCC[N+](CCC)(CCC)CCOP(=O)([O-])O. The molecule has 5 nitrogen and oxygen atoms in total. The first-order chi connectivity index (χ1) is 7.89. The van der Waals surface area contributed by atoms with Gasteiger partial charge in [0.25, 0.3) is 7.82 Å². The topological polar surface area (TPSA) is 69.6 Å². The molecule has 0 spiro atoms. The van der Waals surface area contributed by atoms with Gasteiger partial charge in [-0.1, -0.05) is 20.8 Å². The van der Waals surface area contributed by atoms with Crippen LogP contribution in [-0.4, -0.2) is 42.2 Å². The zero-order valence-corrected chi connectivity index (χ0v) is 12.1. The third-order valence-corrected chi connectivity index (χ3v) is 3.42. The van der Waals surface area contributed by atoms with Crippen molar-refractivity contribution in [3.8, 4) is 0 Å². The van der Waals surface area contributed by atoms with Gasteiger partial charge in [-0.25, -0.2) is 0 Å². The monoisotopic (exact) mass is 267 g/mol. The zero-order chi connectivity index (χ0) is 13.4. The minimum atomic E-state index is -4.57. The molecule has 0 aromatic carbocycles. The molecule has 0 saturated heterocycles. The summed E-state index contributed by atoms with van der Waals surface area (Å²) >= 11 is 0. The van der Waals surface area contributed by atoms with Crippen LogP contribution in [0.2, 0.25) is 0 Å². The van der Waals surface area contributed by atoms with Crippen molar-refractivity contribution >= 4 is 7.82 Å². The normalized spacial score (nSPS) is 15.8. The molecule has 6 heteroatoms. The number of nitrogens with zero attached hydrogens (tertiary/aromatic N) is 1. The molecule has 1 unspecified atom stereocenters. The average Bonchev–Trinajstić information content (AvgIpc) is 2.16. The summed E-state index contributed by atoms with van der Waals surface area (Å²) < 4.78 is 15.9. The van der Waals surface area contributed by atoms with Crippen LogP contribution in [0, 0.1) is 0 Å². The fraction of sp³-hybridized carbons (Fsp3) is 1.00. The van der Waals surface area contributed by atoms with E-state index >= 15 is 0 Å². The van der Waals surface area contributed by atoms with E-state index in [-0.39, 0.29) is 6.61 Å². The molecule has 17 heavy (non-hydrogen) atoms. The van der Waals surface area contributed by atoms with E-state index in [9.17, 15) is 9.46 Å². The van der Waals surface area contributed by atoms with Gasteiger partial charge < -0.3 is 18.8 Å². The maximum Gasteiger partial charge on any atom is 0.265 e. The maximum atomic E-state index is 10.5. The van der Waals surface area contributed by atoms with Gasteiger partial charge in [-0.3, -0.25) is 4.57 Å². The van der Waals surface area contributed by atoms with Crippen LogP contribution in [0.4, 0.5) is 0 Å². The van der Waals surface area contributed by atoms with Gasteiger partial charge in [0, 0.05) is 0 Å². The molecular weight excluding hydrogens is 241 g/mol. The minimum Gasteiger partial charge on any atom is -0.756 e. The summed E-state index contributed by atoms with van der Waals surface area (Å²) in [6.07, 6.45) is 3.19. The van der Waals surface area contributed by atoms with Crippen LogP contribution in [0.1, 0.15) is 40.0 Å². The highest BCUT2D eigenvalue weighted by Gasteiger charge is 2.24. The number of rotatable bonds is 10. The Hall–Kier alpha value is 0.0700. The smallest absolute Gasteiger partial charge is 0.265 e. The van der Waals surface area contributed by atoms with Crippen molar-refractivity contribution in [3.05, 3.63) is 0 Å². The predicted molar refractivity (Wildman–Crippen MR) is 66.4 cm³/mol. The molecule has 0 aliphatic carbocycles. The van der Waals surface area contributed by atoms with Gasteiger partial charge in [-0.05, 0) is 19.3 Å². The van der Waals surface area contributed by atoms with Crippen molar-refractivity contribution in [1.29, 1.82) is 0 Å². The van der Waals surface area contributed by atoms with Gasteiger partial charge in [0.15, 0.2) is 0 Å². The number of quaternary nitrogens is 1. The van der Waals surface area contributed by atoms with E-state index in [1.165, 1.54) is 0 Å². The van der Waals surface area contributed by atoms with Crippen LogP contribution >= 0.6 is 7.82 Å². The molecule has 0 rings (SSSR count). The first-order valence-electron chi connectivity index (χ1n) is 6.42. The Bertz CT molecular complexity index is 225. The molecule has 0 aliphatic rings. The fourth-order valence-electron chi connectivity index (χ4n) is 2.44. The Labute approximate surface area is 105 Å². The molecule has 0 heterocycles. The first-order valence-corrected chi connectivity index (χ1v) is 7.92. The first kappa shape index (κ1) is 17.1. The summed E-state index contributed by atoms with van der Waals surface area (Å²) in [5, 5.41) is 0. The molecule has 0 saturated carbocycles. The van der Waals surface area contributed by atoms with E-state index < -0.39 is 7.82 Å². The summed E-state index contributed by atoms with van der Waals surface area (Å²) in [4.78, 5) is 19.1. The van der Waals surface area contributed by atoms with E-state index in [0.717, 1.165) is 43.4 Å². The average molecular weight is 267 g/mol. The van der Waals surface area contributed by atoms with Crippen molar-refractivity contribution in [1.82, 2.24) is 0 Å². The summed E-state index contributed by atoms with van der Waals surface area (Å²) in [5.74, 6) is 0. The second-order valence-corrected chi connectivity index (χ2v) is 5.73. The third-order valence-electron chi connectivity index (χ3n) is 2.91. The lowest BCUT2D eigenvalue weighted by molar-refractivity contribution is -0.928. The van der Waals surface area contributed by atoms with Crippen LogP contribution in [0.3, 0.4) is 0 Å². The Kier molecular flexibility index (Phi) is 8.25. The second-order valence-electron chi connectivity index (χ2n) is 4.54. The molecule has 0 bridgehead atoms. The van der Waals surface area contributed by atoms with Crippen LogP contribution in [0.15, 0.2) is 0 Å². The van der Waals surface area contributed by atoms with E-state index in [0.29, 0.717) is 6.54 Å². The lowest BCUT2D eigenvalue weighted by Crippen LogP contribution is -2.51. The van der Waals surface area contributed by atoms with Crippen LogP contribution in [0.5, 0.6) is 0 Å². The summed E-state index contributed by atoms with van der Waals surface area (Å²) in [5.41, 5.74) is 0. The fourth-order valence-corrected chi connectivity index (χ4v) is 2.76. The zero-order valence-electron chi connectivity index (χ0n) is 11.2. The standard InChI is InChI=1S/C11H26NO4P/c1-4-7-12(8-5-2,9-6-3)10-11-16-17(13,14)15/h4-11H2,1-3H3,(H-,13,14,15). The van der Waals surface area contributed by atoms with Crippen LogP contribution in [0.25, 0.3) is 0 Å². The second kappa shape index (κ2) is 8.22. The van der Waals surface area contributed by atoms with Gasteiger partial charge >= 0.3 is 0 Å². The van der Waals surface area contributed by atoms with E-state index in [4.69, 9.17) is 4.89 Å². The number of hydrogen-bond donors (Lipinski definition) is 1. The van der Waals surface area contributed by atoms with Gasteiger partial charge in [0.1, 0.15) is 13.2 Å². The van der Waals surface area contributed by atoms with Crippen LogP contribution in [-0.2, 0) is 9.09 Å². The van der Waals surface area contributed by atoms with Crippen molar-refractivity contribution in [2.45, 2.75) is 40.0 Å². The summed E-state index contributed by atoms with van der Waals surface area (Å²) in [6.45, 7) is 10.2. The predicted octanol–water partition coefficient (Wildman–Crippen LogP) is 1.51. The van der Waals surface area contributed by atoms with Crippen molar-refractivity contribution in [2.75, 3.05) is 32.8 Å². The van der Waals surface area contributed by atoms with E-state index in [1.807, 2.05) is 0 Å². The maximum absolute atomic E-state index is 10.5. The molecule has 0 aliphatic heterocycles. The van der Waals surface area contributed by atoms with Crippen molar-refractivity contribution < 1.29 is 23.4 Å². The molecule has 0 fully saturated rings. The Balaban J connectivity index is 4.38. The molecule has 1 atom stereocenters. The van der Waals surface area contributed by atoms with Gasteiger partial charge in [0.2, 0.25) is 0 Å². The van der Waals surface area contributed by atoms with Crippen LogP contribution < -0.4 is 4.89 Å². The molecule has 104 valence electrons. The molecular formula is C11H26NO4P. The summed E-state index contributed by atoms with van der Waals surface area (Å²) in [6, 6.07) is 0. The minimum absolute atomic E-state index is 0.0667. The van der Waals surface area contributed by atoms with Gasteiger partial charge in [-0.2, -0.15) is 0 Å². The van der Waals surface area contributed by atoms with Crippen molar-refractivity contribution in [2.24, 2.45) is 0 Å². The molecule has 1 N–H and O–H groups in total. The lowest BCUT2D eigenvalue weighted by atomic mass is 10.2. The van der Waals surface area contributed by atoms with E-state index in [2.05, 4.69) is 25.3 Å². The molecule has 0 aromatic heterocycles. The third kappa shape index (κ3) is 7.90. The highest BCUT2D eigenvalue weighted by Crippen LogP contribution is 2.30. The Morgan fingerprint density at radius 1 is 1.06 bits per heavy atom. The largest absolute Gasteiger partial charge is 0.756 e. The van der Waals surface area contributed by atoms with Gasteiger partial charge in [-0.15, -0.1) is 0 Å². The molecule has 0 radical (unpaired) electrons. The Morgan fingerprint density at radius 3 is 1.76 bits per heavy atom. The number of hydrogen-bond acceptors (Lipinski definition) is 3. The summed E-state index contributed by atoms with van der Waals surface area (Å²) in [7, 11) is -4.57. The van der Waals surface area contributed by atoms with Crippen molar-refractivity contribution in [3.63, 3.8) is 0 Å². The Morgan fingerprint density at radius 2 is 1.47 bits per heavy atom.